The minimum Gasteiger partial charge on any atom is -0.462 e. The van der Waals surface area contributed by atoms with Crippen LogP contribution in [0.2, 0.25) is 0 Å². The summed E-state index contributed by atoms with van der Waals surface area (Å²) >= 11 is 0. The van der Waals surface area contributed by atoms with E-state index in [1.54, 1.807) is 0 Å². The van der Waals surface area contributed by atoms with Crippen molar-refractivity contribution in [1.29, 1.82) is 0 Å². The monoisotopic (exact) mass is 1400 g/mol. The molecular formula is C76H148O17P2. The Morgan fingerprint density at radius 2 is 0.505 bits per heavy atom. The molecule has 0 rings (SSSR count). The SMILES string of the molecule is CCC(C)CCCCCCCCCCCCCCCCC(=O)O[C@H](COC(=O)CCCCCCCCC(C)C)COP(=O)(O)OC[C@H](O)COP(=O)(O)OC[C@@H](COC(=O)CCCCCCCCCCCCCCCC(C)C)OC(=O)CCCCCCCCCCC(C)CC. The summed E-state index contributed by atoms with van der Waals surface area (Å²) in [6.07, 6.45) is 50.0. The smallest absolute Gasteiger partial charge is 0.462 e. The Hall–Kier alpha value is -1.94. The maximum absolute atomic E-state index is 13.1. The fraction of sp³-hybridized carbons (Fsp3) is 0.947. The number of phosphoric acid groups is 2. The van der Waals surface area contributed by atoms with E-state index in [9.17, 15) is 43.2 Å². The van der Waals surface area contributed by atoms with Crippen molar-refractivity contribution >= 4 is 39.5 Å². The van der Waals surface area contributed by atoms with E-state index in [4.69, 9.17) is 37.0 Å². The summed E-state index contributed by atoms with van der Waals surface area (Å²) in [6, 6.07) is 0. The molecule has 0 saturated carbocycles. The lowest BCUT2D eigenvalue weighted by Gasteiger charge is -2.21. The molecule has 0 bridgehead atoms. The van der Waals surface area contributed by atoms with E-state index in [1.807, 2.05) is 0 Å². The molecule has 4 unspecified atom stereocenters. The van der Waals surface area contributed by atoms with Gasteiger partial charge in [-0.15, -0.1) is 0 Å². The molecule has 0 aromatic heterocycles. The van der Waals surface area contributed by atoms with Crippen LogP contribution in [0.15, 0.2) is 0 Å². The zero-order valence-electron chi connectivity index (χ0n) is 62.3. The van der Waals surface area contributed by atoms with Crippen LogP contribution < -0.4 is 0 Å². The van der Waals surface area contributed by atoms with Gasteiger partial charge in [-0.1, -0.05) is 331 Å². The van der Waals surface area contributed by atoms with Crippen LogP contribution in [0.1, 0.15) is 383 Å². The van der Waals surface area contributed by atoms with Crippen LogP contribution in [-0.4, -0.2) is 96.7 Å². The molecule has 0 fully saturated rings. The number of carbonyl (C=O) groups excluding carboxylic acids is 4. The van der Waals surface area contributed by atoms with Crippen molar-refractivity contribution in [2.24, 2.45) is 23.7 Å². The number of phosphoric ester groups is 2. The van der Waals surface area contributed by atoms with Gasteiger partial charge in [0.2, 0.25) is 0 Å². The van der Waals surface area contributed by atoms with Crippen LogP contribution in [0, 0.1) is 23.7 Å². The number of ether oxygens (including phenoxy) is 4. The first-order valence-corrected chi connectivity index (χ1v) is 42.3. The van der Waals surface area contributed by atoms with Crippen LogP contribution in [0.25, 0.3) is 0 Å². The Bertz CT molecular complexity index is 1870. The van der Waals surface area contributed by atoms with Gasteiger partial charge in [0.1, 0.15) is 19.3 Å². The molecule has 0 aliphatic carbocycles. The van der Waals surface area contributed by atoms with Crippen LogP contribution in [0.3, 0.4) is 0 Å². The van der Waals surface area contributed by atoms with Gasteiger partial charge in [0, 0.05) is 25.7 Å². The number of rotatable bonds is 73. The van der Waals surface area contributed by atoms with Crippen molar-refractivity contribution in [1.82, 2.24) is 0 Å². The average molecular weight is 1400 g/mol. The third-order valence-corrected chi connectivity index (χ3v) is 20.2. The van der Waals surface area contributed by atoms with E-state index < -0.39 is 97.5 Å². The maximum atomic E-state index is 13.1. The van der Waals surface area contributed by atoms with E-state index in [-0.39, 0.29) is 25.7 Å². The summed E-state index contributed by atoms with van der Waals surface area (Å²) in [6.45, 7) is 14.2. The number of carbonyl (C=O) groups is 4. The van der Waals surface area contributed by atoms with Crippen molar-refractivity contribution in [2.75, 3.05) is 39.6 Å². The fourth-order valence-electron chi connectivity index (χ4n) is 11.5. The van der Waals surface area contributed by atoms with Crippen LogP contribution in [0.5, 0.6) is 0 Å². The van der Waals surface area contributed by atoms with E-state index in [0.29, 0.717) is 31.6 Å². The summed E-state index contributed by atoms with van der Waals surface area (Å²) in [5, 5.41) is 10.6. The molecule has 0 radical (unpaired) electrons. The third kappa shape index (κ3) is 67.6. The maximum Gasteiger partial charge on any atom is 0.472 e. The molecule has 19 heteroatoms. The Morgan fingerprint density at radius 3 is 0.747 bits per heavy atom. The molecule has 0 aromatic carbocycles. The Balaban J connectivity index is 5.21. The molecule has 0 aliphatic rings. The standard InChI is InChI=1S/C76H148O17P2/c1-9-68(7)54-46-38-29-23-19-15-11-12-16-21-25-32-42-50-58-75(80)92-72(63-87-74(79)57-49-41-35-34-37-45-53-67(5)6)65-91-95(84,85)89-61-70(77)60-88-94(82,83)90-64-71(93-76(81)59-51-43-33-27-26-30-39-47-55-69(8)10-2)62-86-73(78)56-48-40-31-24-20-17-13-14-18-22-28-36-44-52-66(3)4/h66-72,77H,9-65H2,1-8H3,(H,82,83)(H,84,85)/t68?,69?,70-,71-,72-/m1/s1. The van der Waals surface area contributed by atoms with Gasteiger partial charge in [0.25, 0.3) is 0 Å². The Kier molecular flexibility index (Phi) is 64.0. The molecule has 0 amide bonds. The highest BCUT2D eigenvalue weighted by atomic mass is 31.2. The molecule has 564 valence electrons. The summed E-state index contributed by atoms with van der Waals surface area (Å²) in [5.41, 5.74) is 0. The van der Waals surface area contributed by atoms with Gasteiger partial charge < -0.3 is 33.8 Å². The molecule has 0 saturated heterocycles. The van der Waals surface area contributed by atoms with E-state index in [2.05, 4.69) is 55.4 Å². The normalized spacial score (nSPS) is 14.7. The lowest BCUT2D eigenvalue weighted by atomic mass is 9.99. The average Bonchev–Trinajstić information content (AvgIpc) is 2.82. The van der Waals surface area contributed by atoms with Gasteiger partial charge >= 0.3 is 39.5 Å². The zero-order valence-corrected chi connectivity index (χ0v) is 64.1. The third-order valence-electron chi connectivity index (χ3n) is 18.3. The Labute approximate surface area is 581 Å². The number of esters is 4. The Morgan fingerprint density at radius 1 is 0.295 bits per heavy atom. The number of hydrogen-bond acceptors (Lipinski definition) is 15. The summed E-state index contributed by atoms with van der Waals surface area (Å²) in [4.78, 5) is 72.8. The highest BCUT2D eigenvalue weighted by Crippen LogP contribution is 2.45. The second kappa shape index (κ2) is 65.4. The molecule has 0 spiro atoms. The number of aliphatic hydroxyl groups is 1. The first-order chi connectivity index (χ1) is 45.7. The lowest BCUT2D eigenvalue weighted by Crippen LogP contribution is -2.30. The van der Waals surface area contributed by atoms with E-state index in [1.165, 1.54) is 180 Å². The first-order valence-electron chi connectivity index (χ1n) is 39.3. The molecular weight excluding hydrogens is 1250 g/mol. The highest BCUT2D eigenvalue weighted by Gasteiger charge is 2.30. The quantitative estimate of drug-likeness (QED) is 0.0222. The fourth-order valence-corrected chi connectivity index (χ4v) is 13.1. The van der Waals surface area contributed by atoms with Gasteiger partial charge in [-0.2, -0.15) is 0 Å². The van der Waals surface area contributed by atoms with Crippen molar-refractivity contribution in [3.63, 3.8) is 0 Å². The molecule has 3 N–H and O–H groups in total. The van der Waals surface area contributed by atoms with Crippen molar-refractivity contribution in [3.05, 3.63) is 0 Å². The van der Waals surface area contributed by atoms with Crippen molar-refractivity contribution < 1.29 is 80.2 Å². The molecule has 7 atom stereocenters. The van der Waals surface area contributed by atoms with Gasteiger partial charge in [-0.25, -0.2) is 9.13 Å². The predicted molar refractivity (Wildman–Crippen MR) is 386 cm³/mol. The molecule has 0 heterocycles. The minimum atomic E-state index is -4.96. The number of unbranched alkanes of at least 4 members (excludes halogenated alkanes) is 37. The van der Waals surface area contributed by atoms with Crippen LogP contribution in [-0.2, 0) is 65.4 Å². The van der Waals surface area contributed by atoms with Crippen LogP contribution >= 0.6 is 15.6 Å². The van der Waals surface area contributed by atoms with Crippen LogP contribution in [0.4, 0.5) is 0 Å². The zero-order chi connectivity index (χ0) is 70.3. The van der Waals surface area contributed by atoms with Gasteiger partial charge in [0.05, 0.1) is 26.4 Å². The summed E-state index contributed by atoms with van der Waals surface area (Å²) in [5.74, 6) is 0.962. The topological polar surface area (TPSA) is 237 Å². The van der Waals surface area contributed by atoms with Gasteiger partial charge in [0.15, 0.2) is 12.2 Å². The second-order valence-corrected chi connectivity index (χ2v) is 31.7. The second-order valence-electron chi connectivity index (χ2n) is 28.8. The lowest BCUT2D eigenvalue weighted by molar-refractivity contribution is -0.161. The molecule has 17 nitrogen and oxygen atoms in total. The highest BCUT2D eigenvalue weighted by molar-refractivity contribution is 7.47. The summed E-state index contributed by atoms with van der Waals surface area (Å²) in [7, 11) is -9.91. The van der Waals surface area contributed by atoms with Crippen molar-refractivity contribution in [3.8, 4) is 0 Å². The largest absolute Gasteiger partial charge is 0.472 e. The molecule has 0 aromatic rings. The minimum absolute atomic E-state index is 0.105. The number of hydrogen-bond donors (Lipinski definition) is 3. The van der Waals surface area contributed by atoms with E-state index >= 15 is 0 Å². The van der Waals surface area contributed by atoms with Gasteiger partial charge in [-0.05, 0) is 49.4 Å². The molecule has 95 heavy (non-hydrogen) atoms. The van der Waals surface area contributed by atoms with Crippen molar-refractivity contribution in [2.45, 2.75) is 401 Å². The summed E-state index contributed by atoms with van der Waals surface area (Å²) < 4.78 is 68.5. The predicted octanol–water partition coefficient (Wildman–Crippen LogP) is 22.0. The van der Waals surface area contributed by atoms with E-state index in [0.717, 1.165) is 114 Å². The van der Waals surface area contributed by atoms with Gasteiger partial charge in [-0.3, -0.25) is 37.3 Å². The number of aliphatic hydroxyl groups excluding tert-OH is 1. The first kappa shape index (κ1) is 93.1. The molecule has 0 aliphatic heterocycles.